The van der Waals surface area contributed by atoms with E-state index in [1.54, 1.807) is 0 Å². The molecule has 2 aliphatic heterocycles. The molecule has 86 valence electrons. The van der Waals surface area contributed by atoms with E-state index in [1.807, 2.05) is 12.1 Å². The lowest BCUT2D eigenvalue weighted by molar-refractivity contribution is -0.0672. The second-order valence-electron chi connectivity index (χ2n) is 4.50. The molecule has 2 aliphatic rings. The number of benzene rings is 1. The lowest BCUT2D eigenvalue weighted by Crippen LogP contribution is -2.46. The van der Waals surface area contributed by atoms with Crippen LogP contribution >= 0.6 is 0 Å². The quantitative estimate of drug-likeness (QED) is 0.653. The molecule has 0 unspecified atom stereocenters. The first-order valence-electron chi connectivity index (χ1n) is 5.67. The Morgan fingerprint density at radius 2 is 2.38 bits per heavy atom. The molecule has 2 heterocycles. The van der Waals surface area contributed by atoms with E-state index in [2.05, 4.69) is 11.4 Å². The first-order chi connectivity index (χ1) is 7.78. The van der Waals surface area contributed by atoms with E-state index in [0.29, 0.717) is 13.2 Å². The predicted octanol–water partition coefficient (Wildman–Crippen LogP) is 0.762. The summed E-state index contributed by atoms with van der Waals surface area (Å²) >= 11 is 0. The Hall–Kier alpha value is -1.10. The smallest absolute Gasteiger partial charge is 0.0975 e. The highest BCUT2D eigenvalue weighted by Gasteiger charge is 2.36. The van der Waals surface area contributed by atoms with E-state index < -0.39 is 6.10 Å². The maximum absolute atomic E-state index is 9.74. The van der Waals surface area contributed by atoms with E-state index in [9.17, 15) is 5.11 Å². The summed E-state index contributed by atoms with van der Waals surface area (Å²) < 4.78 is 5.66. The van der Waals surface area contributed by atoms with E-state index in [4.69, 9.17) is 10.5 Å². The number of nitrogens with one attached hydrogen (secondary N) is 1. The van der Waals surface area contributed by atoms with Gasteiger partial charge in [-0.1, -0.05) is 6.07 Å². The Balaban J connectivity index is 1.99. The summed E-state index contributed by atoms with van der Waals surface area (Å²) in [6.45, 7) is 0.959. The number of fused-ring (bicyclic) bond motifs is 4. The summed E-state index contributed by atoms with van der Waals surface area (Å²) in [5, 5.41) is 13.1. The van der Waals surface area contributed by atoms with Gasteiger partial charge in [0.25, 0.3) is 0 Å². The molecule has 0 spiro atoms. The third-order valence-electron chi connectivity index (χ3n) is 3.44. The van der Waals surface area contributed by atoms with Crippen molar-refractivity contribution in [1.82, 2.24) is 0 Å². The van der Waals surface area contributed by atoms with Crippen LogP contribution in [0.1, 0.15) is 23.7 Å². The third kappa shape index (κ3) is 1.50. The normalized spacial score (nSPS) is 31.8. The van der Waals surface area contributed by atoms with Crippen molar-refractivity contribution in [1.29, 1.82) is 0 Å². The van der Waals surface area contributed by atoms with Gasteiger partial charge in [-0.25, -0.2) is 0 Å². The van der Waals surface area contributed by atoms with Gasteiger partial charge in [-0.05, 0) is 17.7 Å². The van der Waals surface area contributed by atoms with Gasteiger partial charge in [0.15, 0.2) is 0 Å². The number of hydrogen-bond acceptors (Lipinski definition) is 4. The summed E-state index contributed by atoms with van der Waals surface area (Å²) in [5.74, 6) is 0. The molecule has 1 saturated heterocycles. The number of rotatable bonds is 1. The van der Waals surface area contributed by atoms with Gasteiger partial charge in [-0.2, -0.15) is 0 Å². The van der Waals surface area contributed by atoms with Crippen LogP contribution in [0.25, 0.3) is 0 Å². The zero-order valence-electron chi connectivity index (χ0n) is 9.02. The molecule has 16 heavy (non-hydrogen) atoms. The molecule has 1 aromatic carbocycles. The zero-order chi connectivity index (χ0) is 11.1. The van der Waals surface area contributed by atoms with Crippen LogP contribution in [0.3, 0.4) is 0 Å². The van der Waals surface area contributed by atoms with Crippen molar-refractivity contribution in [3.63, 3.8) is 0 Å². The average Bonchev–Trinajstić information content (AvgIpc) is 2.33. The highest BCUT2D eigenvalue weighted by molar-refractivity contribution is 5.57. The molecule has 0 saturated carbocycles. The van der Waals surface area contributed by atoms with Gasteiger partial charge in [0.1, 0.15) is 0 Å². The standard InChI is InChI=1S/C12H16N2O2/c13-5-7-1-2-9-8(3-7)12-4-10(14-9)11(15)6-16-12/h1-3,10-12,14-15H,4-6,13H2/t10-,11+,12-/m0/s1. The van der Waals surface area contributed by atoms with Crippen LogP contribution in [0.2, 0.25) is 0 Å². The highest BCUT2D eigenvalue weighted by atomic mass is 16.5. The van der Waals surface area contributed by atoms with Gasteiger partial charge in [0.2, 0.25) is 0 Å². The van der Waals surface area contributed by atoms with Crippen molar-refractivity contribution in [2.45, 2.75) is 31.2 Å². The third-order valence-corrected chi connectivity index (χ3v) is 3.44. The summed E-state index contributed by atoms with van der Waals surface area (Å²) in [6.07, 6.45) is 0.539. The molecule has 4 nitrogen and oxygen atoms in total. The highest BCUT2D eigenvalue weighted by Crippen LogP contribution is 2.39. The lowest BCUT2D eigenvalue weighted by Gasteiger charge is -2.40. The van der Waals surface area contributed by atoms with Crippen molar-refractivity contribution in [3.8, 4) is 0 Å². The Morgan fingerprint density at radius 3 is 3.19 bits per heavy atom. The minimum atomic E-state index is -0.404. The second-order valence-corrected chi connectivity index (χ2v) is 4.50. The monoisotopic (exact) mass is 220 g/mol. The van der Waals surface area contributed by atoms with Crippen LogP contribution in [-0.2, 0) is 11.3 Å². The van der Waals surface area contributed by atoms with Crippen molar-refractivity contribution in [2.75, 3.05) is 11.9 Å². The van der Waals surface area contributed by atoms with Crippen molar-refractivity contribution in [3.05, 3.63) is 29.3 Å². The first kappa shape index (κ1) is 10.1. The number of ether oxygens (including phenoxy) is 1. The lowest BCUT2D eigenvalue weighted by atomic mass is 9.89. The SMILES string of the molecule is NCc1ccc2c(c1)[C@@H]1C[C@H](N2)[C@H](O)CO1. The van der Waals surface area contributed by atoms with E-state index >= 15 is 0 Å². The maximum atomic E-state index is 9.74. The van der Waals surface area contributed by atoms with E-state index in [1.165, 1.54) is 5.56 Å². The Bertz CT molecular complexity index is 408. The second kappa shape index (κ2) is 3.73. The summed E-state index contributed by atoms with van der Waals surface area (Å²) in [4.78, 5) is 0. The topological polar surface area (TPSA) is 67.5 Å². The van der Waals surface area contributed by atoms with E-state index in [0.717, 1.165) is 17.7 Å². The molecule has 3 rings (SSSR count). The summed E-state index contributed by atoms with van der Waals surface area (Å²) in [6, 6.07) is 6.26. The number of anilines is 1. The fraction of sp³-hybridized carbons (Fsp3) is 0.500. The average molecular weight is 220 g/mol. The Kier molecular flexibility index (Phi) is 2.35. The summed E-state index contributed by atoms with van der Waals surface area (Å²) in [5.41, 5.74) is 8.99. The minimum absolute atomic E-state index is 0.108. The number of hydrogen-bond donors (Lipinski definition) is 3. The van der Waals surface area contributed by atoms with Gasteiger partial charge in [0.05, 0.1) is 24.9 Å². The number of nitrogens with two attached hydrogens (primary N) is 1. The van der Waals surface area contributed by atoms with Crippen LogP contribution in [0.5, 0.6) is 0 Å². The first-order valence-corrected chi connectivity index (χ1v) is 5.67. The summed E-state index contributed by atoms with van der Waals surface area (Å²) in [7, 11) is 0. The fourth-order valence-corrected chi connectivity index (χ4v) is 2.50. The molecule has 0 aliphatic carbocycles. The zero-order valence-corrected chi connectivity index (χ0v) is 9.02. The van der Waals surface area contributed by atoms with Crippen LogP contribution in [0.15, 0.2) is 18.2 Å². The molecule has 3 atom stereocenters. The Morgan fingerprint density at radius 1 is 1.50 bits per heavy atom. The largest absolute Gasteiger partial charge is 0.389 e. The molecule has 2 bridgehead atoms. The molecule has 0 aromatic heterocycles. The van der Waals surface area contributed by atoms with Crippen LogP contribution in [-0.4, -0.2) is 23.9 Å². The van der Waals surface area contributed by atoms with Crippen LogP contribution < -0.4 is 11.1 Å². The van der Waals surface area contributed by atoms with Gasteiger partial charge in [-0.15, -0.1) is 0 Å². The molecule has 1 aromatic rings. The number of aliphatic hydroxyl groups excluding tert-OH is 1. The Labute approximate surface area is 94.4 Å². The van der Waals surface area contributed by atoms with Gasteiger partial charge < -0.3 is 20.9 Å². The minimum Gasteiger partial charge on any atom is -0.389 e. The van der Waals surface area contributed by atoms with Crippen LogP contribution in [0.4, 0.5) is 5.69 Å². The van der Waals surface area contributed by atoms with Crippen LogP contribution in [0, 0.1) is 0 Å². The van der Waals surface area contributed by atoms with Crippen molar-refractivity contribution < 1.29 is 9.84 Å². The molecule has 0 radical (unpaired) electrons. The number of aliphatic hydroxyl groups is 1. The fourth-order valence-electron chi connectivity index (χ4n) is 2.50. The van der Waals surface area contributed by atoms with Crippen molar-refractivity contribution >= 4 is 5.69 Å². The van der Waals surface area contributed by atoms with Gasteiger partial charge in [0, 0.05) is 24.2 Å². The van der Waals surface area contributed by atoms with Gasteiger partial charge in [-0.3, -0.25) is 0 Å². The molecule has 1 fully saturated rings. The predicted molar refractivity (Wildman–Crippen MR) is 61.1 cm³/mol. The van der Waals surface area contributed by atoms with Gasteiger partial charge >= 0.3 is 0 Å². The maximum Gasteiger partial charge on any atom is 0.0975 e. The molecular formula is C12H16N2O2. The molecular weight excluding hydrogens is 204 g/mol. The molecule has 0 amide bonds. The molecule has 4 heteroatoms. The molecule has 4 N–H and O–H groups in total. The van der Waals surface area contributed by atoms with Crippen molar-refractivity contribution in [2.24, 2.45) is 5.73 Å². The van der Waals surface area contributed by atoms with E-state index in [-0.39, 0.29) is 12.1 Å².